The maximum absolute atomic E-state index is 13.2. The Morgan fingerprint density at radius 2 is 2.21 bits per heavy atom. The Kier molecular flexibility index (Phi) is 4.41. The van der Waals surface area contributed by atoms with Gasteiger partial charge < -0.3 is 9.84 Å². The molecule has 1 amide bonds. The molecule has 24 heavy (non-hydrogen) atoms. The molecule has 124 valence electrons. The lowest BCUT2D eigenvalue weighted by Gasteiger charge is -2.02. The third kappa shape index (κ3) is 3.68. The van der Waals surface area contributed by atoms with Crippen LogP contribution in [0.25, 0.3) is 0 Å². The van der Waals surface area contributed by atoms with Crippen LogP contribution in [0.5, 0.6) is 0 Å². The lowest BCUT2D eigenvalue weighted by molar-refractivity contribution is 0.101. The average Bonchev–Trinajstić information content (AvgIpc) is 3.17. The molecule has 2 aromatic heterocycles. The number of carbonyl (C=O) groups excluding carboxylic acids is 1. The van der Waals surface area contributed by atoms with Crippen LogP contribution in [0.4, 0.5) is 10.1 Å². The Balaban J connectivity index is 1.66. The Labute approximate surface area is 138 Å². The van der Waals surface area contributed by atoms with Gasteiger partial charge in [-0.2, -0.15) is 5.10 Å². The van der Waals surface area contributed by atoms with Crippen molar-refractivity contribution in [3.05, 3.63) is 65.6 Å². The number of hydrogen-bond acceptors (Lipinski definition) is 4. The third-order valence-corrected chi connectivity index (χ3v) is 3.45. The molecule has 1 aromatic carbocycles. The molecule has 0 atom stereocenters. The van der Waals surface area contributed by atoms with Crippen molar-refractivity contribution in [3.8, 4) is 0 Å². The van der Waals surface area contributed by atoms with Gasteiger partial charge in [0.2, 0.25) is 0 Å². The average molecular weight is 328 g/mol. The number of halogens is 1. The molecule has 6 nitrogen and oxygen atoms in total. The van der Waals surface area contributed by atoms with Crippen LogP contribution in [-0.4, -0.2) is 20.8 Å². The zero-order valence-corrected chi connectivity index (χ0v) is 13.4. The summed E-state index contributed by atoms with van der Waals surface area (Å²) in [6, 6.07) is 7.92. The predicted molar refractivity (Wildman–Crippen MR) is 86.3 cm³/mol. The second-order valence-electron chi connectivity index (χ2n) is 5.78. The Morgan fingerprint density at radius 3 is 2.92 bits per heavy atom. The zero-order valence-electron chi connectivity index (χ0n) is 13.4. The maximum atomic E-state index is 13.2. The first-order valence-corrected chi connectivity index (χ1v) is 7.56. The van der Waals surface area contributed by atoms with Crippen molar-refractivity contribution in [1.82, 2.24) is 14.9 Å². The van der Waals surface area contributed by atoms with Crippen molar-refractivity contribution >= 4 is 11.6 Å². The maximum Gasteiger partial charge on any atom is 0.277 e. The van der Waals surface area contributed by atoms with Crippen molar-refractivity contribution in [2.24, 2.45) is 0 Å². The number of carbonyl (C=O) groups is 1. The fourth-order valence-electron chi connectivity index (χ4n) is 2.20. The van der Waals surface area contributed by atoms with E-state index >= 15 is 0 Å². The smallest absolute Gasteiger partial charge is 0.277 e. The Hall–Kier alpha value is -2.96. The Morgan fingerprint density at radius 1 is 1.38 bits per heavy atom. The molecule has 1 N–H and O–H groups in total. The standard InChI is InChI=1S/C17H17FN4O2/c1-11(2)16-7-15(21-24-16)17(23)20-14-8-19-22(10-14)9-12-4-3-5-13(18)6-12/h3-8,10-11H,9H2,1-2H3,(H,20,23). The molecular weight excluding hydrogens is 311 g/mol. The van der Waals surface area contributed by atoms with E-state index in [0.717, 1.165) is 5.56 Å². The van der Waals surface area contributed by atoms with Gasteiger partial charge in [0.15, 0.2) is 5.69 Å². The number of amides is 1. The van der Waals surface area contributed by atoms with Crippen LogP contribution in [0, 0.1) is 5.82 Å². The summed E-state index contributed by atoms with van der Waals surface area (Å²) < 4.78 is 19.9. The second kappa shape index (κ2) is 6.66. The third-order valence-electron chi connectivity index (χ3n) is 3.45. The van der Waals surface area contributed by atoms with Gasteiger partial charge in [0, 0.05) is 18.2 Å². The van der Waals surface area contributed by atoms with E-state index in [1.807, 2.05) is 19.9 Å². The van der Waals surface area contributed by atoms with E-state index in [-0.39, 0.29) is 23.3 Å². The predicted octanol–water partition coefficient (Wildman–Crippen LogP) is 3.43. The lowest BCUT2D eigenvalue weighted by Crippen LogP contribution is -2.11. The number of nitrogens with zero attached hydrogens (tertiary/aromatic N) is 3. The number of hydrogen-bond donors (Lipinski definition) is 1. The van der Waals surface area contributed by atoms with Crippen LogP contribution in [0.3, 0.4) is 0 Å². The fourth-order valence-corrected chi connectivity index (χ4v) is 2.20. The van der Waals surface area contributed by atoms with Crippen LogP contribution in [0.2, 0.25) is 0 Å². The van der Waals surface area contributed by atoms with Crippen LogP contribution in [-0.2, 0) is 6.54 Å². The van der Waals surface area contributed by atoms with E-state index in [2.05, 4.69) is 15.6 Å². The molecule has 0 saturated carbocycles. The van der Waals surface area contributed by atoms with Gasteiger partial charge in [0.25, 0.3) is 5.91 Å². The van der Waals surface area contributed by atoms with Crippen LogP contribution in [0.15, 0.2) is 47.2 Å². The van der Waals surface area contributed by atoms with E-state index in [1.165, 1.54) is 18.3 Å². The highest BCUT2D eigenvalue weighted by Gasteiger charge is 2.15. The molecule has 0 unspecified atom stereocenters. The zero-order chi connectivity index (χ0) is 17.1. The molecule has 0 aliphatic carbocycles. The van der Waals surface area contributed by atoms with Crippen molar-refractivity contribution < 1.29 is 13.7 Å². The molecule has 3 aromatic rings. The molecule has 3 rings (SSSR count). The molecule has 0 fully saturated rings. The molecule has 0 bridgehead atoms. The minimum atomic E-state index is -0.365. The number of benzene rings is 1. The van der Waals surface area contributed by atoms with Crippen LogP contribution < -0.4 is 5.32 Å². The summed E-state index contributed by atoms with van der Waals surface area (Å²) in [6.45, 7) is 4.33. The van der Waals surface area contributed by atoms with Crippen LogP contribution in [0.1, 0.15) is 41.6 Å². The van der Waals surface area contributed by atoms with Crippen molar-refractivity contribution in [2.75, 3.05) is 5.32 Å². The molecular formula is C17H17FN4O2. The summed E-state index contributed by atoms with van der Waals surface area (Å²) in [6.07, 6.45) is 3.20. The van der Waals surface area contributed by atoms with E-state index in [0.29, 0.717) is 18.0 Å². The SMILES string of the molecule is CC(C)c1cc(C(=O)Nc2cnn(Cc3cccc(F)c3)c2)no1. The Bertz CT molecular complexity index is 854. The summed E-state index contributed by atoms with van der Waals surface area (Å²) in [7, 11) is 0. The fraction of sp³-hybridized carbons (Fsp3) is 0.235. The summed E-state index contributed by atoms with van der Waals surface area (Å²) >= 11 is 0. The quantitative estimate of drug-likeness (QED) is 0.779. The molecule has 0 aliphatic heterocycles. The summed E-state index contributed by atoms with van der Waals surface area (Å²) in [5.74, 6) is 0.158. The molecule has 0 spiro atoms. The van der Waals surface area contributed by atoms with Gasteiger partial charge in [0.05, 0.1) is 18.4 Å². The van der Waals surface area contributed by atoms with Gasteiger partial charge in [0.1, 0.15) is 11.6 Å². The minimum Gasteiger partial charge on any atom is -0.360 e. The second-order valence-corrected chi connectivity index (χ2v) is 5.78. The first kappa shape index (κ1) is 15.9. The first-order valence-electron chi connectivity index (χ1n) is 7.56. The van der Waals surface area contributed by atoms with E-state index in [1.54, 1.807) is 23.0 Å². The van der Waals surface area contributed by atoms with Gasteiger partial charge in [-0.15, -0.1) is 0 Å². The molecule has 7 heteroatoms. The van der Waals surface area contributed by atoms with Gasteiger partial charge in [-0.3, -0.25) is 9.48 Å². The number of rotatable bonds is 5. The summed E-state index contributed by atoms with van der Waals surface area (Å²) in [4.78, 5) is 12.1. The largest absolute Gasteiger partial charge is 0.360 e. The van der Waals surface area contributed by atoms with E-state index in [4.69, 9.17) is 4.52 Å². The van der Waals surface area contributed by atoms with Crippen LogP contribution >= 0.6 is 0 Å². The highest BCUT2D eigenvalue weighted by atomic mass is 19.1. The molecule has 0 radical (unpaired) electrons. The van der Waals surface area contributed by atoms with Gasteiger partial charge in [-0.1, -0.05) is 31.1 Å². The first-order chi connectivity index (χ1) is 11.5. The number of anilines is 1. The van der Waals surface area contributed by atoms with Crippen molar-refractivity contribution in [1.29, 1.82) is 0 Å². The highest BCUT2D eigenvalue weighted by molar-refractivity contribution is 6.02. The monoisotopic (exact) mass is 328 g/mol. The van der Waals surface area contributed by atoms with Crippen molar-refractivity contribution in [3.63, 3.8) is 0 Å². The molecule has 0 aliphatic rings. The van der Waals surface area contributed by atoms with Gasteiger partial charge in [-0.25, -0.2) is 4.39 Å². The normalized spacial score (nSPS) is 11.0. The molecule has 0 saturated heterocycles. The van der Waals surface area contributed by atoms with E-state index in [9.17, 15) is 9.18 Å². The topological polar surface area (TPSA) is 73.0 Å². The highest BCUT2D eigenvalue weighted by Crippen LogP contribution is 2.16. The number of nitrogens with one attached hydrogen (secondary N) is 1. The molecule has 2 heterocycles. The van der Waals surface area contributed by atoms with Gasteiger partial charge >= 0.3 is 0 Å². The minimum absolute atomic E-state index is 0.160. The van der Waals surface area contributed by atoms with Gasteiger partial charge in [-0.05, 0) is 17.7 Å². The van der Waals surface area contributed by atoms with Crippen molar-refractivity contribution in [2.45, 2.75) is 26.3 Å². The summed E-state index contributed by atoms with van der Waals surface area (Å²) in [5, 5.41) is 10.6. The lowest BCUT2D eigenvalue weighted by atomic mass is 10.1. The number of aromatic nitrogens is 3. The summed E-state index contributed by atoms with van der Waals surface area (Å²) in [5.41, 5.74) is 1.54. The van der Waals surface area contributed by atoms with E-state index < -0.39 is 0 Å².